The van der Waals surface area contributed by atoms with Gasteiger partial charge >= 0.3 is 0 Å². The molecule has 5 heteroatoms. The minimum absolute atomic E-state index is 0.126. The molecule has 0 aliphatic rings. The average molecular weight is 303 g/mol. The average Bonchev–Trinajstić information content (AvgIpc) is 2.45. The predicted octanol–water partition coefficient (Wildman–Crippen LogP) is 2.60. The quantitative estimate of drug-likeness (QED) is 0.645. The zero-order chi connectivity index (χ0) is 15.3. The Morgan fingerprint density at radius 2 is 1.67 bits per heavy atom. The number of rotatable bonds is 3. The second-order valence-electron chi connectivity index (χ2n) is 4.47. The van der Waals surface area contributed by atoms with Crippen LogP contribution < -0.4 is 0 Å². The van der Waals surface area contributed by atoms with Crippen molar-refractivity contribution in [1.82, 2.24) is 4.31 Å². The summed E-state index contributed by atoms with van der Waals surface area (Å²) in [6.45, 7) is 0.126. The molecule has 0 saturated carbocycles. The van der Waals surface area contributed by atoms with Crippen LogP contribution in [-0.2, 0) is 16.6 Å². The molecule has 0 aliphatic carbocycles. The summed E-state index contributed by atoms with van der Waals surface area (Å²) in [6, 6.07) is 17.6. The van der Waals surface area contributed by atoms with E-state index in [1.54, 1.807) is 12.1 Å². The topological polar surface area (TPSA) is 37.4 Å². The van der Waals surface area contributed by atoms with Gasteiger partial charge in [-0.1, -0.05) is 42.5 Å². The first-order chi connectivity index (χ1) is 9.97. The molecule has 0 amide bonds. The monoisotopic (exact) mass is 303 g/mol. The van der Waals surface area contributed by atoms with Gasteiger partial charge in [-0.25, -0.2) is 17.1 Å². The maximum atomic E-state index is 13.5. The van der Waals surface area contributed by atoms with Crippen molar-refractivity contribution < 1.29 is 12.8 Å². The molecule has 0 bridgehead atoms. The van der Waals surface area contributed by atoms with Crippen LogP contribution in [0, 0.1) is 17.8 Å². The molecular weight excluding hydrogens is 289 g/mol. The number of hydrogen-bond acceptors (Lipinski definition) is 2. The van der Waals surface area contributed by atoms with Crippen LogP contribution in [0.15, 0.2) is 54.6 Å². The Bertz CT molecular complexity index is 777. The molecule has 0 N–H and O–H groups in total. The minimum Gasteiger partial charge on any atom is -0.224 e. The zero-order valence-electron chi connectivity index (χ0n) is 11.5. The van der Waals surface area contributed by atoms with Crippen molar-refractivity contribution in [2.75, 3.05) is 6.26 Å². The number of hydrogen-bond donors (Lipinski definition) is 0. The summed E-state index contributed by atoms with van der Waals surface area (Å²) in [5.41, 5.74) is 0.977. The summed E-state index contributed by atoms with van der Waals surface area (Å²) < 4.78 is 38.0. The van der Waals surface area contributed by atoms with Gasteiger partial charge in [0.25, 0.3) is 0 Å². The standard InChI is InChI=1S/C16H14FNO2S/c1-21(19,20)18(13-14-7-3-2-4-8-14)12-11-15-9-5-6-10-16(15)17/h2-10H,13H2,1H3. The van der Waals surface area contributed by atoms with Crippen molar-refractivity contribution >= 4 is 10.0 Å². The van der Waals surface area contributed by atoms with Gasteiger partial charge in [0.15, 0.2) is 0 Å². The van der Waals surface area contributed by atoms with Crippen LogP contribution >= 0.6 is 0 Å². The van der Waals surface area contributed by atoms with E-state index in [1.165, 1.54) is 12.1 Å². The highest BCUT2D eigenvalue weighted by Crippen LogP contribution is 2.08. The molecule has 0 radical (unpaired) electrons. The highest BCUT2D eigenvalue weighted by Gasteiger charge is 2.13. The summed E-state index contributed by atoms with van der Waals surface area (Å²) in [6.07, 6.45) is 1.08. The third-order valence-electron chi connectivity index (χ3n) is 2.76. The highest BCUT2D eigenvalue weighted by atomic mass is 32.2. The summed E-state index contributed by atoms with van der Waals surface area (Å²) in [5.74, 6) is 2.09. The summed E-state index contributed by atoms with van der Waals surface area (Å²) in [7, 11) is -3.51. The Hall–Kier alpha value is -2.32. The number of nitrogens with zero attached hydrogens (tertiary/aromatic N) is 1. The molecule has 0 aromatic heterocycles. The number of benzene rings is 2. The smallest absolute Gasteiger partial charge is 0.224 e. The van der Waals surface area contributed by atoms with Gasteiger partial charge in [-0.15, -0.1) is 0 Å². The first-order valence-corrected chi connectivity index (χ1v) is 8.09. The molecule has 0 spiro atoms. The predicted molar refractivity (Wildman–Crippen MR) is 80.1 cm³/mol. The normalized spacial score (nSPS) is 10.6. The van der Waals surface area contributed by atoms with Gasteiger partial charge in [0.05, 0.1) is 18.4 Å². The third-order valence-corrected chi connectivity index (χ3v) is 3.78. The Morgan fingerprint density at radius 1 is 1.05 bits per heavy atom. The molecule has 2 rings (SSSR count). The van der Waals surface area contributed by atoms with E-state index in [0.717, 1.165) is 16.1 Å². The van der Waals surface area contributed by atoms with Crippen LogP contribution in [0.1, 0.15) is 11.1 Å². The van der Waals surface area contributed by atoms with E-state index < -0.39 is 15.8 Å². The van der Waals surface area contributed by atoms with Crippen LogP contribution in [0.5, 0.6) is 0 Å². The molecule has 0 unspecified atom stereocenters. The van der Waals surface area contributed by atoms with Crippen molar-refractivity contribution in [3.05, 3.63) is 71.5 Å². The van der Waals surface area contributed by atoms with Crippen molar-refractivity contribution in [3.8, 4) is 12.0 Å². The van der Waals surface area contributed by atoms with E-state index in [9.17, 15) is 12.8 Å². The van der Waals surface area contributed by atoms with Crippen LogP contribution in [0.25, 0.3) is 0 Å². The molecule has 0 atom stereocenters. The Kier molecular flexibility index (Phi) is 4.61. The van der Waals surface area contributed by atoms with E-state index in [0.29, 0.717) is 0 Å². The molecule has 2 aromatic carbocycles. The van der Waals surface area contributed by atoms with Crippen molar-refractivity contribution in [3.63, 3.8) is 0 Å². The molecule has 2 aromatic rings. The maximum absolute atomic E-state index is 13.5. The molecule has 3 nitrogen and oxygen atoms in total. The first-order valence-electron chi connectivity index (χ1n) is 6.24. The van der Waals surface area contributed by atoms with Gasteiger partial charge in [0.2, 0.25) is 10.0 Å². The minimum atomic E-state index is -3.51. The largest absolute Gasteiger partial charge is 0.239 e. The van der Waals surface area contributed by atoms with Gasteiger partial charge in [-0.3, -0.25) is 0 Å². The van der Waals surface area contributed by atoms with Crippen molar-refractivity contribution in [2.45, 2.75) is 6.54 Å². The second-order valence-corrected chi connectivity index (χ2v) is 6.38. The number of halogens is 1. The second kappa shape index (κ2) is 6.42. The van der Waals surface area contributed by atoms with E-state index in [4.69, 9.17) is 0 Å². The number of sulfonamides is 1. The van der Waals surface area contributed by atoms with E-state index >= 15 is 0 Å². The van der Waals surface area contributed by atoms with Crippen LogP contribution in [-0.4, -0.2) is 19.0 Å². The molecule has 0 saturated heterocycles. The van der Waals surface area contributed by atoms with Gasteiger partial charge in [-0.2, -0.15) is 0 Å². The van der Waals surface area contributed by atoms with E-state index in [2.05, 4.69) is 12.0 Å². The fraction of sp³-hybridized carbons (Fsp3) is 0.125. The fourth-order valence-corrected chi connectivity index (χ4v) is 2.27. The summed E-state index contributed by atoms with van der Waals surface area (Å²) in [5, 5.41) is 0. The van der Waals surface area contributed by atoms with Crippen molar-refractivity contribution in [1.29, 1.82) is 0 Å². The van der Waals surface area contributed by atoms with Crippen LogP contribution in [0.2, 0.25) is 0 Å². The van der Waals surface area contributed by atoms with Crippen molar-refractivity contribution in [2.24, 2.45) is 0 Å². The SMILES string of the molecule is CS(=O)(=O)N(C#Cc1ccccc1F)Cc1ccccc1. The Labute approximate surface area is 124 Å². The molecule has 108 valence electrons. The summed E-state index contributed by atoms with van der Waals surface area (Å²) >= 11 is 0. The lowest BCUT2D eigenvalue weighted by atomic mass is 10.2. The molecule has 0 heterocycles. The van der Waals surface area contributed by atoms with Gasteiger partial charge in [0, 0.05) is 6.04 Å². The van der Waals surface area contributed by atoms with E-state index in [1.807, 2.05) is 30.3 Å². The van der Waals surface area contributed by atoms with Gasteiger partial charge in [-0.05, 0) is 23.6 Å². The van der Waals surface area contributed by atoms with Gasteiger partial charge < -0.3 is 0 Å². The molecule has 21 heavy (non-hydrogen) atoms. The maximum Gasteiger partial charge on any atom is 0.239 e. The Morgan fingerprint density at radius 3 is 2.29 bits per heavy atom. The first kappa shape index (κ1) is 15.1. The molecule has 0 aliphatic heterocycles. The van der Waals surface area contributed by atoms with Gasteiger partial charge in [0.1, 0.15) is 5.82 Å². The highest BCUT2D eigenvalue weighted by molar-refractivity contribution is 7.88. The Balaban J connectivity index is 2.29. The van der Waals surface area contributed by atoms with Crippen LogP contribution in [0.3, 0.4) is 0 Å². The lowest BCUT2D eigenvalue weighted by Crippen LogP contribution is -2.24. The lowest BCUT2D eigenvalue weighted by molar-refractivity contribution is 0.515. The summed E-state index contributed by atoms with van der Waals surface area (Å²) in [4.78, 5) is 0. The fourth-order valence-electron chi connectivity index (χ4n) is 1.67. The lowest BCUT2D eigenvalue weighted by Gasteiger charge is -2.14. The third kappa shape index (κ3) is 4.33. The van der Waals surface area contributed by atoms with Crippen LogP contribution in [0.4, 0.5) is 4.39 Å². The van der Waals surface area contributed by atoms with E-state index in [-0.39, 0.29) is 12.1 Å². The molecular formula is C16H14FNO2S. The molecule has 0 fully saturated rings. The zero-order valence-corrected chi connectivity index (χ0v) is 12.3.